The zero-order valence-electron chi connectivity index (χ0n) is 8.33. The van der Waals surface area contributed by atoms with Crippen LogP contribution in [0.15, 0.2) is 22.8 Å². The molecule has 0 amide bonds. The normalized spacial score (nSPS) is 17.9. The molecule has 1 unspecified atom stereocenters. The van der Waals surface area contributed by atoms with Crippen LogP contribution in [0.2, 0.25) is 0 Å². The fourth-order valence-electron chi connectivity index (χ4n) is 1.63. The zero-order chi connectivity index (χ0) is 9.97. The predicted molar refractivity (Wildman–Crippen MR) is 62.4 cm³/mol. The molecule has 1 aliphatic carbocycles. The molecular weight excluding hydrogens is 240 g/mol. The summed E-state index contributed by atoms with van der Waals surface area (Å²) in [6.45, 7) is 2.22. The molecule has 14 heavy (non-hydrogen) atoms. The lowest BCUT2D eigenvalue weighted by Gasteiger charge is -2.13. The van der Waals surface area contributed by atoms with Gasteiger partial charge in [0, 0.05) is 16.7 Å². The highest BCUT2D eigenvalue weighted by Gasteiger charge is 2.23. The van der Waals surface area contributed by atoms with Crippen LogP contribution in [0.3, 0.4) is 0 Å². The van der Waals surface area contributed by atoms with E-state index in [9.17, 15) is 0 Å². The summed E-state index contributed by atoms with van der Waals surface area (Å²) in [7, 11) is 0. The highest BCUT2D eigenvalue weighted by molar-refractivity contribution is 9.10. The largest absolute Gasteiger partial charge is 0.368 e. The van der Waals surface area contributed by atoms with E-state index in [2.05, 4.69) is 33.2 Å². The van der Waals surface area contributed by atoms with Gasteiger partial charge in [-0.3, -0.25) is 0 Å². The molecule has 1 fully saturated rings. The van der Waals surface area contributed by atoms with Crippen LogP contribution in [-0.4, -0.2) is 11.0 Å². The van der Waals surface area contributed by atoms with E-state index in [1.54, 1.807) is 0 Å². The van der Waals surface area contributed by atoms with Crippen LogP contribution in [0.5, 0.6) is 0 Å². The first-order chi connectivity index (χ1) is 6.74. The van der Waals surface area contributed by atoms with Gasteiger partial charge in [0.05, 0.1) is 0 Å². The Balaban J connectivity index is 1.85. The average molecular weight is 255 g/mol. The highest BCUT2D eigenvalue weighted by Crippen LogP contribution is 2.33. The lowest BCUT2D eigenvalue weighted by molar-refractivity contribution is 0.640. The summed E-state index contributed by atoms with van der Waals surface area (Å²) in [5.41, 5.74) is 0. The lowest BCUT2D eigenvalue weighted by Crippen LogP contribution is -2.16. The second kappa shape index (κ2) is 4.30. The van der Waals surface area contributed by atoms with Crippen molar-refractivity contribution < 1.29 is 0 Å². The number of rotatable bonds is 4. The molecule has 0 aromatic carbocycles. The van der Waals surface area contributed by atoms with Crippen molar-refractivity contribution in [2.45, 2.75) is 32.2 Å². The van der Waals surface area contributed by atoms with E-state index in [1.807, 2.05) is 18.3 Å². The molecule has 0 bridgehead atoms. The van der Waals surface area contributed by atoms with Gasteiger partial charge in [0.15, 0.2) is 0 Å². The molecule has 1 aromatic heterocycles. The maximum atomic E-state index is 4.29. The molecule has 0 saturated heterocycles. The quantitative estimate of drug-likeness (QED) is 0.891. The molecule has 1 heterocycles. The van der Waals surface area contributed by atoms with E-state index >= 15 is 0 Å². The Bertz CT molecular complexity index is 293. The zero-order valence-corrected chi connectivity index (χ0v) is 9.92. The second-order valence-electron chi connectivity index (χ2n) is 4.09. The summed E-state index contributed by atoms with van der Waals surface area (Å²) in [5, 5.41) is 3.41. The minimum absolute atomic E-state index is 0.538. The van der Waals surface area contributed by atoms with Crippen LogP contribution in [-0.2, 0) is 0 Å². The van der Waals surface area contributed by atoms with Crippen molar-refractivity contribution in [3.63, 3.8) is 0 Å². The maximum Gasteiger partial charge on any atom is 0.126 e. The van der Waals surface area contributed by atoms with Crippen molar-refractivity contribution in [1.29, 1.82) is 0 Å². The van der Waals surface area contributed by atoms with Gasteiger partial charge in [0.1, 0.15) is 5.82 Å². The molecule has 1 aromatic rings. The lowest BCUT2D eigenvalue weighted by atomic mass is 10.1. The number of pyridine rings is 1. The van der Waals surface area contributed by atoms with Crippen molar-refractivity contribution in [2.75, 3.05) is 5.32 Å². The Hall–Kier alpha value is -0.570. The van der Waals surface area contributed by atoms with Crippen molar-refractivity contribution in [3.8, 4) is 0 Å². The monoisotopic (exact) mass is 254 g/mol. The van der Waals surface area contributed by atoms with Crippen LogP contribution in [0.1, 0.15) is 26.2 Å². The first-order valence-electron chi connectivity index (χ1n) is 5.12. The number of anilines is 1. The van der Waals surface area contributed by atoms with E-state index in [0.717, 1.165) is 16.2 Å². The molecule has 2 rings (SSSR count). The van der Waals surface area contributed by atoms with Gasteiger partial charge >= 0.3 is 0 Å². The topological polar surface area (TPSA) is 24.9 Å². The summed E-state index contributed by atoms with van der Waals surface area (Å²) in [6.07, 6.45) is 5.93. The van der Waals surface area contributed by atoms with Crippen molar-refractivity contribution in [3.05, 3.63) is 22.8 Å². The van der Waals surface area contributed by atoms with Gasteiger partial charge < -0.3 is 5.32 Å². The highest BCUT2D eigenvalue weighted by atomic mass is 79.9. The molecule has 1 aliphatic rings. The minimum atomic E-state index is 0.538. The predicted octanol–water partition coefficient (Wildman–Crippen LogP) is 3.44. The van der Waals surface area contributed by atoms with E-state index in [0.29, 0.717) is 6.04 Å². The first-order valence-corrected chi connectivity index (χ1v) is 5.91. The number of nitrogens with one attached hydrogen (secondary N) is 1. The first kappa shape index (κ1) is 9.97. The third-order valence-electron chi connectivity index (χ3n) is 2.51. The smallest absolute Gasteiger partial charge is 0.126 e. The van der Waals surface area contributed by atoms with Gasteiger partial charge in [0.25, 0.3) is 0 Å². The molecule has 1 N–H and O–H groups in total. The van der Waals surface area contributed by atoms with E-state index in [4.69, 9.17) is 0 Å². The van der Waals surface area contributed by atoms with Crippen LogP contribution in [0.25, 0.3) is 0 Å². The van der Waals surface area contributed by atoms with E-state index in [1.165, 1.54) is 19.3 Å². The summed E-state index contributed by atoms with van der Waals surface area (Å²) in [6, 6.07) is 4.56. The molecule has 0 radical (unpaired) electrons. The van der Waals surface area contributed by atoms with Crippen LogP contribution in [0, 0.1) is 5.92 Å². The minimum Gasteiger partial charge on any atom is -0.368 e. The number of halogens is 1. The van der Waals surface area contributed by atoms with Crippen molar-refractivity contribution in [1.82, 2.24) is 4.98 Å². The summed E-state index contributed by atoms with van der Waals surface area (Å²) >= 11 is 3.37. The Kier molecular flexibility index (Phi) is 3.06. The third-order valence-corrected chi connectivity index (χ3v) is 2.97. The Morgan fingerprint density at radius 2 is 2.36 bits per heavy atom. The molecule has 2 nitrogen and oxygen atoms in total. The standard InChI is InChI=1S/C11H15BrN2/c1-8(6-9-2-3-9)14-11-5-4-10(12)7-13-11/h4-5,7-9H,2-3,6H2,1H3,(H,13,14). The van der Waals surface area contributed by atoms with Gasteiger partial charge in [-0.15, -0.1) is 0 Å². The van der Waals surface area contributed by atoms with Crippen LogP contribution in [0.4, 0.5) is 5.82 Å². The number of hydrogen-bond acceptors (Lipinski definition) is 2. The van der Waals surface area contributed by atoms with Crippen molar-refractivity contribution in [2.24, 2.45) is 5.92 Å². The van der Waals surface area contributed by atoms with Crippen LogP contribution < -0.4 is 5.32 Å². The fourth-order valence-corrected chi connectivity index (χ4v) is 1.86. The maximum absolute atomic E-state index is 4.29. The summed E-state index contributed by atoms with van der Waals surface area (Å²) < 4.78 is 1.03. The fraction of sp³-hybridized carbons (Fsp3) is 0.545. The van der Waals surface area contributed by atoms with E-state index < -0.39 is 0 Å². The van der Waals surface area contributed by atoms with E-state index in [-0.39, 0.29) is 0 Å². The number of hydrogen-bond donors (Lipinski definition) is 1. The molecule has 1 saturated carbocycles. The van der Waals surface area contributed by atoms with Crippen molar-refractivity contribution >= 4 is 21.7 Å². The molecule has 0 aliphatic heterocycles. The average Bonchev–Trinajstić information content (AvgIpc) is 2.93. The Morgan fingerprint density at radius 1 is 1.57 bits per heavy atom. The Morgan fingerprint density at radius 3 is 2.93 bits per heavy atom. The Labute approximate surface area is 93.3 Å². The van der Waals surface area contributed by atoms with Gasteiger partial charge in [-0.05, 0) is 47.3 Å². The van der Waals surface area contributed by atoms with Crippen LogP contribution >= 0.6 is 15.9 Å². The van der Waals surface area contributed by atoms with Gasteiger partial charge in [-0.1, -0.05) is 12.8 Å². The SMILES string of the molecule is CC(CC1CC1)Nc1ccc(Br)cn1. The number of nitrogens with zero attached hydrogens (tertiary/aromatic N) is 1. The van der Waals surface area contributed by atoms with Gasteiger partial charge in [0.2, 0.25) is 0 Å². The third kappa shape index (κ3) is 2.98. The number of aromatic nitrogens is 1. The molecular formula is C11H15BrN2. The molecule has 76 valence electrons. The molecule has 1 atom stereocenters. The summed E-state index contributed by atoms with van der Waals surface area (Å²) in [4.78, 5) is 4.29. The van der Waals surface area contributed by atoms with Gasteiger partial charge in [-0.2, -0.15) is 0 Å². The molecule has 0 spiro atoms. The second-order valence-corrected chi connectivity index (χ2v) is 5.00. The van der Waals surface area contributed by atoms with Gasteiger partial charge in [-0.25, -0.2) is 4.98 Å². The summed E-state index contributed by atoms with van der Waals surface area (Å²) in [5.74, 6) is 1.94. The molecule has 3 heteroatoms.